The normalized spacial score (nSPS) is 13.8. The maximum atomic E-state index is 13.1. The number of aliphatic hydroxyl groups is 1. The fraction of sp³-hybridized carbons (Fsp3) is 0.951. The summed E-state index contributed by atoms with van der Waals surface area (Å²) in [5, 5.41) is 10.6. The maximum Gasteiger partial charge on any atom is 0.472 e. The van der Waals surface area contributed by atoms with Crippen LogP contribution in [0, 0.1) is 5.92 Å². The molecule has 0 aliphatic rings. The van der Waals surface area contributed by atoms with Crippen molar-refractivity contribution in [1.82, 2.24) is 0 Å². The van der Waals surface area contributed by atoms with E-state index in [2.05, 4.69) is 34.6 Å². The summed E-state index contributed by atoms with van der Waals surface area (Å²) < 4.78 is 68.6. The number of ether oxygens (including phenoxy) is 4. The Morgan fingerprint density at radius 1 is 0.270 bits per heavy atom. The van der Waals surface area contributed by atoms with E-state index in [1.165, 1.54) is 250 Å². The number of aliphatic hydroxyl groups excluding tert-OH is 1. The van der Waals surface area contributed by atoms with Crippen LogP contribution >= 0.6 is 15.6 Å². The molecule has 0 rings (SSSR count). The van der Waals surface area contributed by atoms with Gasteiger partial charge in [0.15, 0.2) is 12.2 Å². The average molecular weight is 1470 g/mol. The van der Waals surface area contributed by atoms with Crippen LogP contribution < -0.4 is 0 Å². The number of unbranched alkanes of at least 4 members (excludes halogenated alkanes) is 53. The summed E-state index contributed by atoms with van der Waals surface area (Å²) in [6.07, 6.45) is 65.5. The van der Waals surface area contributed by atoms with E-state index >= 15 is 0 Å². The molecule has 0 saturated heterocycles. The Labute approximate surface area is 613 Å². The molecule has 0 aliphatic carbocycles. The summed E-state index contributed by atoms with van der Waals surface area (Å²) in [5.41, 5.74) is 0. The van der Waals surface area contributed by atoms with Crippen molar-refractivity contribution in [2.75, 3.05) is 39.6 Å². The standard InChI is InChI=1S/C81H158O17P2/c1-6-9-12-15-18-21-24-27-29-31-33-34-35-37-39-41-44-47-50-57-62-67-81(86)97-76(70-91-78(83)64-59-54-48-45-43-40-38-36-32-30-28-25-22-19-16-13-10-7-2)72-95-99(87,88)93-68-75(82)69-94-100(89,90)96-73-77(71-92-79(84)65-60-55-52-51-53-58-63-74(4)5)98-80(85)66-61-56-49-46-42-26-23-20-17-14-11-8-3/h74-77,82H,6-73H2,1-5H3,(H,87,88)(H,89,90)/t75-,76-,77-/m1/s1. The van der Waals surface area contributed by atoms with Crippen molar-refractivity contribution in [3.8, 4) is 0 Å². The molecule has 0 spiro atoms. The molecule has 0 radical (unpaired) electrons. The van der Waals surface area contributed by atoms with Gasteiger partial charge >= 0.3 is 39.5 Å². The number of hydrogen-bond donors (Lipinski definition) is 3. The Bertz CT molecular complexity index is 1910. The van der Waals surface area contributed by atoms with Gasteiger partial charge in [0.05, 0.1) is 26.4 Å². The number of hydrogen-bond acceptors (Lipinski definition) is 15. The van der Waals surface area contributed by atoms with Crippen LogP contribution in [0.4, 0.5) is 0 Å². The first-order chi connectivity index (χ1) is 48.5. The molecule has 0 aliphatic heterocycles. The SMILES string of the molecule is CCCCCCCCCCCCCCCCCCCCCCCC(=O)O[C@H](COC(=O)CCCCCCCCCCCCCCCCCCCC)COP(=O)(O)OC[C@@H](O)COP(=O)(O)OC[C@@H](COC(=O)CCCCCCCCC(C)C)OC(=O)CCCCCCCCCCCCCC. The first kappa shape index (κ1) is 98.1. The van der Waals surface area contributed by atoms with E-state index in [1.807, 2.05) is 0 Å². The first-order valence-corrected chi connectivity index (χ1v) is 45.1. The van der Waals surface area contributed by atoms with Crippen LogP contribution in [0.15, 0.2) is 0 Å². The summed E-state index contributed by atoms with van der Waals surface area (Å²) in [4.78, 5) is 72.9. The van der Waals surface area contributed by atoms with Gasteiger partial charge in [-0.2, -0.15) is 0 Å². The van der Waals surface area contributed by atoms with Gasteiger partial charge in [0.25, 0.3) is 0 Å². The van der Waals surface area contributed by atoms with Crippen LogP contribution in [0.2, 0.25) is 0 Å². The Kier molecular flexibility index (Phi) is 72.5. The van der Waals surface area contributed by atoms with Gasteiger partial charge in [-0.25, -0.2) is 9.13 Å². The predicted molar refractivity (Wildman–Crippen MR) is 409 cm³/mol. The average Bonchev–Trinajstić information content (AvgIpc) is 0.946. The zero-order valence-corrected chi connectivity index (χ0v) is 67.1. The second-order valence-electron chi connectivity index (χ2n) is 29.6. The number of rotatable bonds is 81. The Morgan fingerprint density at radius 3 is 0.680 bits per heavy atom. The number of esters is 4. The fourth-order valence-corrected chi connectivity index (χ4v) is 14.2. The van der Waals surface area contributed by atoms with Crippen LogP contribution in [0.5, 0.6) is 0 Å². The van der Waals surface area contributed by atoms with Crippen LogP contribution in [0.1, 0.15) is 433 Å². The molecule has 3 N–H and O–H groups in total. The lowest BCUT2D eigenvalue weighted by Crippen LogP contribution is -2.30. The van der Waals surface area contributed by atoms with Gasteiger partial charge in [-0.3, -0.25) is 37.3 Å². The molecule has 0 aromatic heterocycles. The number of carbonyl (C=O) groups excluding carboxylic acids is 4. The molecule has 594 valence electrons. The van der Waals surface area contributed by atoms with Gasteiger partial charge in [-0.15, -0.1) is 0 Å². The van der Waals surface area contributed by atoms with Crippen LogP contribution in [0.3, 0.4) is 0 Å². The van der Waals surface area contributed by atoms with Crippen molar-refractivity contribution in [3.63, 3.8) is 0 Å². The van der Waals surface area contributed by atoms with E-state index in [-0.39, 0.29) is 25.7 Å². The fourth-order valence-electron chi connectivity index (χ4n) is 12.6. The zero-order chi connectivity index (χ0) is 73.4. The summed E-state index contributed by atoms with van der Waals surface area (Å²) in [6.45, 7) is 7.24. The lowest BCUT2D eigenvalue weighted by molar-refractivity contribution is -0.161. The molecule has 17 nitrogen and oxygen atoms in total. The van der Waals surface area contributed by atoms with Gasteiger partial charge in [-0.1, -0.05) is 381 Å². The largest absolute Gasteiger partial charge is 0.472 e. The van der Waals surface area contributed by atoms with Crippen molar-refractivity contribution in [2.24, 2.45) is 5.92 Å². The van der Waals surface area contributed by atoms with E-state index < -0.39 is 97.5 Å². The van der Waals surface area contributed by atoms with E-state index in [1.54, 1.807) is 0 Å². The van der Waals surface area contributed by atoms with Crippen molar-refractivity contribution in [2.45, 2.75) is 451 Å². The van der Waals surface area contributed by atoms with Gasteiger partial charge in [0.2, 0.25) is 0 Å². The van der Waals surface area contributed by atoms with Gasteiger partial charge in [-0.05, 0) is 31.6 Å². The highest BCUT2D eigenvalue weighted by Gasteiger charge is 2.30. The molecule has 0 saturated carbocycles. The summed E-state index contributed by atoms with van der Waals surface area (Å²) in [6, 6.07) is 0. The minimum atomic E-state index is -4.96. The first-order valence-electron chi connectivity index (χ1n) is 42.1. The topological polar surface area (TPSA) is 237 Å². The third-order valence-corrected chi connectivity index (χ3v) is 20.9. The molecule has 0 aromatic rings. The molecule has 0 aromatic carbocycles. The molecular weight excluding hydrogens is 1310 g/mol. The van der Waals surface area contributed by atoms with Gasteiger partial charge in [0, 0.05) is 25.7 Å². The molecule has 5 atom stereocenters. The third-order valence-electron chi connectivity index (χ3n) is 19.0. The van der Waals surface area contributed by atoms with Crippen molar-refractivity contribution < 1.29 is 80.2 Å². The van der Waals surface area contributed by atoms with E-state index in [0.29, 0.717) is 31.6 Å². The molecule has 0 bridgehead atoms. The second kappa shape index (κ2) is 73.9. The van der Waals surface area contributed by atoms with E-state index in [0.717, 1.165) is 96.3 Å². The van der Waals surface area contributed by atoms with Crippen molar-refractivity contribution in [3.05, 3.63) is 0 Å². The Hall–Kier alpha value is -1.94. The maximum absolute atomic E-state index is 13.1. The minimum absolute atomic E-state index is 0.107. The van der Waals surface area contributed by atoms with Crippen LogP contribution in [-0.2, 0) is 65.4 Å². The zero-order valence-electron chi connectivity index (χ0n) is 65.3. The molecule has 19 heteroatoms. The minimum Gasteiger partial charge on any atom is -0.462 e. The number of carbonyl (C=O) groups is 4. The molecule has 0 heterocycles. The number of phosphoric ester groups is 2. The third kappa shape index (κ3) is 74.3. The summed E-state index contributed by atoms with van der Waals surface area (Å²) in [5.74, 6) is -1.43. The molecule has 0 amide bonds. The highest BCUT2D eigenvalue weighted by atomic mass is 31.2. The Morgan fingerprint density at radius 2 is 0.460 bits per heavy atom. The van der Waals surface area contributed by atoms with Crippen molar-refractivity contribution in [1.29, 1.82) is 0 Å². The van der Waals surface area contributed by atoms with Gasteiger partial charge < -0.3 is 33.8 Å². The monoisotopic (exact) mass is 1470 g/mol. The second-order valence-corrected chi connectivity index (χ2v) is 32.5. The van der Waals surface area contributed by atoms with Gasteiger partial charge in [0.1, 0.15) is 19.3 Å². The lowest BCUT2D eigenvalue weighted by Gasteiger charge is -2.21. The summed E-state index contributed by atoms with van der Waals surface area (Å²) >= 11 is 0. The summed E-state index contributed by atoms with van der Waals surface area (Å²) in [7, 11) is -9.92. The molecule has 0 fully saturated rings. The van der Waals surface area contributed by atoms with Crippen LogP contribution in [-0.4, -0.2) is 96.7 Å². The quantitative estimate of drug-likeness (QED) is 0.0222. The van der Waals surface area contributed by atoms with Crippen LogP contribution in [0.25, 0.3) is 0 Å². The predicted octanol–water partition coefficient (Wildman–Crippen LogP) is 24.4. The van der Waals surface area contributed by atoms with E-state index in [9.17, 15) is 43.2 Å². The lowest BCUT2D eigenvalue weighted by atomic mass is 10.0. The van der Waals surface area contributed by atoms with E-state index in [4.69, 9.17) is 37.0 Å². The molecular formula is C81H158O17P2. The Balaban J connectivity index is 5.19. The molecule has 100 heavy (non-hydrogen) atoms. The highest BCUT2D eigenvalue weighted by Crippen LogP contribution is 2.45. The van der Waals surface area contributed by atoms with Crippen molar-refractivity contribution >= 4 is 39.5 Å². The number of phosphoric acid groups is 2. The highest BCUT2D eigenvalue weighted by molar-refractivity contribution is 7.47. The molecule has 2 unspecified atom stereocenters. The smallest absolute Gasteiger partial charge is 0.462 e.